The second-order valence-electron chi connectivity index (χ2n) is 8.80. The lowest BCUT2D eigenvalue weighted by Crippen LogP contribution is -2.53. The highest BCUT2D eigenvalue weighted by Gasteiger charge is 2.55. The summed E-state index contributed by atoms with van der Waals surface area (Å²) in [6, 6.07) is 12.0. The van der Waals surface area contributed by atoms with Crippen molar-refractivity contribution in [2.45, 2.75) is 38.0 Å². The molecule has 1 aliphatic carbocycles. The zero-order chi connectivity index (χ0) is 20.6. The molecule has 1 aromatic carbocycles. The van der Waals surface area contributed by atoms with E-state index < -0.39 is 6.23 Å². The number of aromatic nitrogens is 3. The van der Waals surface area contributed by atoms with E-state index in [1.165, 1.54) is 0 Å². The Hall–Kier alpha value is -2.48. The topological polar surface area (TPSA) is 97.3 Å². The third kappa shape index (κ3) is 3.69. The minimum absolute atomic E-state index is 0.00417. The lowest BCUT2D eigenvalue weighted by atomic mass is 9.80. The largest absolute Gasteiger partial charge is 0.395 e. The van der Waals surface area contributed by atoms with Crippen molar-refractivity contribution < 1.29 is 10.2 Å². The monoisotopic (exact) mass is 407 g/mol. The third-order valence-electron chi connectivity index (χ3n) is 6.86. The molecule has 2 unspecified atom stereocenters. The molecule has 1 spiro atoms. The van der Waals surface area contributed by atoms with Gasteiger partial charge < -0.3 is 20.1 Å². The first-order chi connectivity index (χ1) is 14.7. The van der Waals surface area contributed by atoms with Gasteiger partial charge in [0, 0.05) is 31.2 Å². The number of piperidine rings is 1. The molecule has 0 amide bonds. The van der Waals surface area contributed by atoms with Gasteiger partial charge in [-0.15, -0.1) is 0 Å². The van der Waals surface area contributed by atoms with E-state index in [1.54, 1.807) is 6.33 Å². The second-order valence-corrected chi connectivity index (χ2v) is 8.80. The predicted molar refractivity (Wildman–Crippen MR) is 116 cm³/mol. The number of anilines is 1. The molecule has 0 radical (unpaired) electrons. The molecule has 3 heterocycles. The maximum absolute atomic E-state index is 11.1. The average Bonchev–Trinajstić information content (AvgIpc) is 3.35. The summed E-state index contributed by atoms with van der Waals surface area (Å²) in [5.41, 5.74) is 2.14. The molecular formula is C23H29N5O2. The van der Waals surface area contributed by atoms with Crippen LogP contribution < -0.4 is 10.2 Å². The summed E-state index contributed by atoms with van der Waals surface area (Å²) >= 11 is 0. The first-order valence-electron chi connectivity index (χ1n) is 10.8. The fraction of sp³-hybridized carbons (Fsp3) is 0.478. The minimum atomic E-state index is -0.617. The van der Waals surface area contributed by atoms with Gasteiger partial charge in [-0.05, 0) is 42.7 Å². The Bertz CT molecular complexity index is 987. The lowest BCUT2D eigenvalue weighted by Gasteiger charge is -2.42. The first kappa shape index (κ1) is 19.5. The fourth-order valence-electron chi connectivity index (χ4n) is 5.08. The Kier molecular flexibility index (Phi) is 5.18. The van der Waals surface area contributed by atoms with Crippen molar-refractivity contribution in [1.82, 2.24) is 20.3 Å². The number of fused-ring (bicyclic) bond motifs is 1. The third-order valence-corrected chi connectivity index (χ3v) is 6.86. The van der Waals surface area contributed by atoms with Crippen molar-refractivity contribution in [2.75, 3.05) is 24.6 Å². The molecule has 0 bridgehead atoms. The van der Waals surface area contributed by atoms with Crippen LogP contribution in [0.4, 0.5) is 5.82 Å². The number of hydrogen-bond donors (Lipinski definition) is 4. The number of rotatable bonds is 7. The van der Waals surface area contributed by atoms with Crippen molar-refractivity contribution in [2.24, 2.45) is 11.3 Å². The molecule has 1 aliphatic heterocycles. The molecular weight excluding hydrogens is 378 g/mol. The Labute approximate surface area is 176 Å². The SMILES string of the molecule is OC[C@H](Cc1ccccc1)NC(O)C1CCN(c2ncnc3[nH]ccc23)CC12CC2. The zero-order valence-corrected chi connectivity index (χ0v) is 17.0. The summed E-state index contributed by atoms with van der Waals surface area (Å²) in [4.78, 5) is 14.4. The predicted octanol–water partition coefficient (Wildman–Crippen LogP) is 2.08. The van der Waals surface area contributed by atoms with Crippen LogP contribution in [0.15, 0.2) is 48.9 Å². The molecule has 158 valence electrons. The summed E-state index contributed by atoms with van der Waals surface area (Å²) in [5, 5.41) is 25.3. The molecule has 7 nitrogen and oxygen atoms in total. The Balaban J connectivity index is 1.27. The maximum atomic E-state index is 11.1. The van der Waals surface area contributed by atoms with E-state index in [9.17, 15) is 10.2 Å². The van der Waals surface area contributed by atoms with Gasteiger partial charge in [-0.2, -0.15) is 0 Å². The molecule has 2 fully saturated rings. The van der Waals surface area contributed by atoms with E-state index in [4.69, 9.17) is 0 Å². The van der Waals surface area contributed by atoms with Gasteiger partial charge in [-0.1, -0.05) is 30.3 Å². The number of benzene rings is 1. The number of nitrogens with one attached hydrogen (secondary N) is 2. The van der Waals surface area contributed by atoms with E-state index in [-0.39, 0.29) is 24.0 Å². The molecule has 2 aromatic heterocycles. The summed E-state index contributed by atoms with van der Waals surface area (Å²) in [7, 11) is 0. The molecule has 3 atom stereocenters. The smallest absolute Gasteiger partial charge is 0.142 e. The maximum Gasteiger partial charge on any atom is 0.142 e. The van der Waals surface area contributed by atoms with Gasteiger partial charge in [0.15, 0.2) is 0 Å². The second kappa shape index (κ2) is 7.98. The fourth-order valence-corrected chi connectivity index (χ4v) is 5.08. The van der Waals surface area contributed by atoms with Gasteiger partial charge in [-0.3, -0.25) is 5.32 Å². The van der Waals surface area contributed by atoms with Gasteiger partial charge in [0.1, 0.15) is 24.0 Å². The number of hydrogen-bond acceptors (Lipinski definition) is 6. The first-order valence-corrected chi connectivity index (χ1v) is 10.8. The van der Waals surface area contributed by atoms with Gasteiger partial charge in [-0.25, -0.2) is 9.97 Å². The molecule has 30 heavy (non-hydrogen) atoms. The molecule has 4 N–H and O–H groups in total. The Morgan fingerprint density at radius 3 is 2.80 bits per heavy atom. The lowest BCUT2D eigenvalue weighted by molar-refractivity contribution is 0.00916. The van der Waals surface area contributed by atoms with E-state index in [1.807, 2.05) is 30.5 Å². The van der Waals surface area contributed by atoms with Gasteiger partial charge >= 0.3 is 0 Å². The average molecular weight is 408 g/mol. The number of H-pyrrole nitrogens is 1. The van der Waals surface area contributed by atoms with Crippen LogP contribution in [0.5, 0.6) is 0 Å². The van der Waals surface area contributed by atoms with Crippen LogP contribution in [-0.2, 0) is 6.42 Å². The van der Waals surface area contributed by atoms with Crippen LogP contribution in [0.3, 0.4) is 0 Å². The highest BCUT2D eigenvalue weighted by Crippen LogP contribution is 2.57. The zero-order valence-electron chi connectivity index (χ0n) is 17.0. The van der Waals surface area contributed by atoms with Gasteiger partial charge in [0.2, 0.25) is 0 Å². The standard InChI is InChI=1S/C23H29N5O2/c29-13-17(12-16-4-2-1-3-5-16)27-22(30)19-7-11-28(14-23(19)8-9-23)21-18-6-10-24-20(18)25-15-26-21/h1-6,10,15,17,19,22,27,29-30H,7-9,11-14H2,(H,24,25,26)/t17-,19?,22?/m0/s1. The normalized spacial score (nSPS) is 22.3. The van der Waals surface area contributed by atoms with Gasteiger partial charge in [0.05, 0.1) is 12.0 Å². The van der Waals surface area contributed by atoms with Crippen molar-refractivity contribution in [3.8, 4) is 0 Å². The van der Waals surface area contributed by atoms with E-state index >= 15 is 0 Å². The van der Waals surface area contributed by atoms with Crippen LogP contribution in [-0.4, -0.2) is 57.1 Å². The molecule has 1 saturated heterocycles. The minimum Gasteiger partial charge on any atom is -0.395 e. The van der Waals surface area contributed by atoms with Crippen molar-refractivity contribution in [1.29, 1.82) is 0 Å². The summed E-state index contributed by atoms with van der Waals surface area (Å²) in [6.45, 7) is 1.76. The van der Waals surface area contributed by atoms with Crippen LogP contribution >= 0.6 is 0 Å². The summed E-state index contributed by atoms with van der Waals surface area (Å²) in [5.74, 6) is 1.16. The Morgan fingerprint density at radius 2 is 2.03 bits per heavy atom. The summed E-state index contributed by atoms with van der Waals surface area (Å²) < 4.78 is 0. The number of aliphatic hydroxyl groups is 2. The number of aliphatic hydroxyl groups excluding tert-OH is 2. The van der Waals surface area contributed by atoms with Gasteiger partial charge in [0.25, 0.3) is 0 Å². The van der Waals surface area contributed by atoms with Crippen LogP contribution in [0.1, 0.15) is 24.8 Å². The molecule has 2 aliphatic rings. The highest BCUT2D eigenvalue weighted by atomic mass is 16.3. The van der Waals surface area contributed by atoms with E-state index in [2.05, 4.69) is 37.3 Å². The van der Waals surface area contributed by atoms with Crippen LogP contribution in [0.25, 0.3) is 11.0 Å². The van der Waals surface area contributed by atoms with E-state index in [0.717, 1.165) is 54.8 Å². The van der Waals surface area contributed by atoms with E-state index in [0.29, 0.717) is 6.42 Å². The Morgan fingerprint density at radius 1 is 1.20 bits per heavy atom. The summed E-state index contributed by atoms with van der Waals surface area (Å²) in [6.07, 6.45) is 6.74. The van der Waals surface area contributed by atoms with Crippen LogP contribution in [0, 0.1) is 11.3 Å². The van der Waals surface area contributed by atoms with Crippen LogP contribution in [0.2, 0.25) is 0 Å². The van der Waals surface area contributed by atoms with Crippen molar-refractivity contribution >= 4 is 16.9 Å². The number of aromatic amines is 1. The van der Waals surface area contributed by atoms with Crippen molar-refractivity contribution in [3.05, 3.63) is 54.5 Å². The molecule has 7 heteroatoms. The molecule has 1 saturated carbocycles. The molecule has 3 aromatic rings. The quantitative estimate of drug-likeness (QED) is 0.448. The molecule has 5 rings (SSSR count). The highest BCUT2D eigenvalue weighted by molar-refractivity contribution is 5.87. The number of nitrogens with zero attached hydrogens (tertiary/aromatic N) is 3. The van der Waals surface area contributed by atoms with Crippen molar-refractivity contribution in [3.63, 3.8) is 0 Å².